The molecule has 98 valence electrons. The van der Waals surface area contributed by atoms with Crippen molar-refractivity contribution in [3.05, 3.63) is 59.7 Å². The van der Waals surface area contributed by atoms with E-state index in [0.29, 0.717) is 5.56 Å². The van der Waals surface area contributed by atoms with Crippen LogP contribution in [0, 0.1) is 0 Å². The molecule has 0 heterocycles. The number of hydrogen-bond acceptors (Lipinski definition) is 4. The van der Waals surface area contributed by atoms with Crippen molar-refractivity contribution in [1.82, 2.24) is 0 Å². The van der Waals surface area contributed by atoms with Gasteiger partial charge in [0, 0.05) is 16.3 Å². The summed E-state index contributed by atoms with van der Waals surface area (Å²) in [5.41, 5.74) is 8.22. The van der Waals surface area contributed by atoms with E-state index in [2.05, 4.69) is 0 Å². The van der Waals surface area contributed by atoms with E-state index in [9.17, 15) is 4.79 Å². The Hall–Kier alpha value is -1.94. The molecule has 0 aliphatic heterocycles. The Morgan fingerprint density at radius 3 is 2.74 bits per heavy atom. The summed E-state index contributed by atoms with van der Waals surface area (Å²) >= 11 is 1.60. The van der Waals surface area contributed by atoms with Crippen LogP contribution in [0.3, 0.4) is 0 Å². The first-order valence-corrected chi connectivity index (χ1v) is 6.84. The molecule has 2 aromatic rings. The highest BCUT2D eigenvalue weighted by molar-refractivity contribution is 7.98. The van der Waals surface area contributed by atoms with Crippen LogP contribution in [-0.4, -0.2) is 13.1 Å². The van der Waals surface area contributed by atoms with Gasteiger partial charge in [-0.1, -0.05) is 24.3 Å². The van der Waals surface area contributed by atoms with Gasteiger partial charge in [0.05, 0.1) is 12.7 Å². The molecule has 0 aromatic heterocycles. The highest BCUT2D eigenvalue weighted by Gasteiger charge is 2.11. The minimum atomic E-state index is -0.310. The van der Waals surface area contributed by atoms with Crippen LogP contribution in [0.25, 0.3) is 0 Å². The molecule has 2 rings (SSSR count). The number of esters is 1. The molecular formula is C15H15NO2S. The summed E-state index contributed by atoms with van der Waals surface area (Å²) in [5, 5.41) is 0. The van der Waals surface area contributed by atoms with Crippen molar-refractivity contribution < 1.29 is 9.53 Å². The van der Waals surface area contributed by atoms with Crippen molar-refractivity contribution in [2.24, 2.45) is 0 Å². The summed E-state index contributed by atoms with van der Waals surface area (Å²) in [5.74, 6) is 0.453. The molecular weight excluding hydrogens is 258 g/mol. The number of methoxy groups -OCH3 is 1. The fourth-order valence-corrected chi connectivity index (χ4v) is 2.70. The van der Waals surface area contributed by atoms with E-state index in [-0.39, 0.29) is 5.97 Å². The van der Waals surface area contributed by atoms with Gasteiger partial charge in [-0.15, -0.1) is 11.8 Å². The second-order valence-corrected chi connectivity index (χ2v) is 5.04. The van der Waals surface area contributed by atoms with Gasteiger partial charge in [0.1, 0.15) is 0 Å². The van der Waals surface area contributed by atoms with E-state index < -0.39 is 0 Å². The van der Waals surface area contributed by atoms with Crippen molar-refractivity contribution in [3.8, 4) is 0 Å². The number of anilines is 1. The number of nitrogen functional groups attached to an aromatic ring is 1. The predicted octanol–water partition coefficient (Wildman–Crippen LogP) is 3.35. The van der Waals surface area contributed by atoms with E-state index in [4.69, 9.17) is 10.5 Å². The molecule has 0 bridgehead atoms. The van der Waals surface area contributed by atoms with Gasteiger partial charge in [-0.2, -0.15) is 0 Å². The number of carbonyl (C=O) groups is 1. The van der Waals surface area contributed by atoms with Crippen LogP contribution in [0.5, 0.6) is 0 Å². The predicted molar refractivity (Wildman–Crippen MR) is 78.2 cm³/mol. The fourth-order valence-electron chi connectivity index (χ4n) is 1.72. The Balaban J connectivity index is 2.13. The normalized spacial score (nSPS) is 10.2. The van der Waals surface area contributed by atoms with Gasteiger partial charge in [0.2, 0.25) is 0 Å². The third-order valence-electron chi connectivity index (χ3n) is 2.64. The average molecular weight is 273 g/mol. The van der Waals surface area contributed by atoms with Crippen molar-refractivity contribution >= 4 is 23.4 Å². The molecule has 0 unspecified atom stereocenters. The Morgan fingerprint density at radius 2 is 2.00 bits per heavy atom. The number of hydrogen-bond donors (Lipinski definition) is 1. The van der Waals surface area contributed by atoms with Gasteiger partial charge in [-0.25, -0.2) is 4.79 Å². The Labute approximate surface area is 116 Å². The molecule has 4 heteroatoms. The van der Waals surface area contributed by atoms with E-state index in [0.717, 1.165) is 21.9 Å². The summed E-state index contributed by atoms with van der Waals surface area (Å²) in [7, 11) is 1.39. The zero-order chi connectivity index (χ0) is 13.7. The first-order chi connectivity index (χ1) is 9.20. The summed E-state index contributed by atoms with van der Waals surface area (Å²) in [6.07, 6.45) is 0. The Kier molecular flexibility index (Phi) is 4.47. The standard InChI is InChI=1S/C15H15NO2S/c1-18-15(17)13-7-2-3-8-14(13)19-10-11-5-4-6-12(16)9-11/h2-9H,10,16H2,1H3. The summed E-state index contributed by atoms with van der Waals surface area (Å²) in [6, 6.07) is 15.2. The molecule has 0 saturated heterocycles. The number of benzene rings is 2. The fraction of sp³-hybridized carbons (Fsp3) is 0.133. The van der Waals surface area contributed by atoms with Gasteiger partial charge >= 0.3 is 5.97 Å². The van der Waals surface area contributed by atoms with E-state index >= 15 is 0 Å². The molecule has 0 atom stereocenters. The second kappa shape index (κ2) is 6.29. The van der Waals surface area contributed by atoms with Crippen LogP contribution in [-0.2, 0) is 10.5 Å². The average Bonchev–Trinajstić information content (AvgIpc) is 2.45. The van der Waals surface area contributed by atoms with E-state index in [1.807, 2.05) is 42.5 Å². The second-order valence-electron chi connectivity index (χ2n) is 4.02. The summed E-state index contributed by atoms with van der Waals surface area (Å²) < 4.78 is 4.78. The third kappa shape index (κ3) is 3.51. The molecule has 0 spiro atoms. The minimum Gasteiger partial charge on any atom is -0.465 e. The lowest BCUT2D eigenvalue weighted by Crippen LogP contribution is -2.02. The first kappa shape index (κ1) is 13.5. The topological polar surface area (TPSA) is 52.3 Å². The molecule has 0 amide bonds. The maximum atomic E-state index is 11.6. The Morgan fingerprint density at radius 1 is 1.21 bits per heavy atom. The van der Waals surface area contributed by atoms with Crippen LogP contribution >= 0.6 is 11.8 Å². The van der Waals surface area contributed by atoms with Gasteiger partial charge < -0.3 is 10.5 Å². The molecule has 0 fully saturated rings. The smallest absolute Gasteiger partial charge is 0.338 e. The zero-order valence-electron chi connectivity index (χ0n) is 10.6. The maximum absolute atomic E-state index is 11.6. The van der Waals surface area contributed by atoms with Gasteiger partial charge in [-0.05, 0) is 29.8 Å². The SMILES string of the molecule is COC(=O)c1ccccc1SCc1cccc(N)c1. The molecule has 3 nitrogen and oxygen atoms in total. The Bertz CT molecular complexity index is 584. The van der Waals surface area contributed by atoms with Crippen LogP contribution < -0.4 is 5.73 Å². The van der Waals surface area contributed by atoms with Crippen molar-refractivity contribution in [2.45, 2.75) is 10.6 Å². The number of rotatable bonds is 4. The number of nitrogens with two attached hydrogens (primary N) is 1. The largest absolute Gasteiger partial charge is 0.465 e. The van der Waals surface area contributed by atoms with Crippen LogP contribution in [0.4, 0.5) is 5.69 Å². The van der Waals surface area contributed by atoms with Crippen LogP contribution in [0.2, 0.25) is 0 Å². The quantitative estimate of drug-likeness (QED) is 0.527. The molecule has 0 radical (unpaired) electrons. The lowest BCUT2D eigenvalue weighted by Gasteiger charge is -2.07. The third-order valence-corrected chi connectivity index (χ3v) is 3.78. The van der Waals surface area contributed by atoms with E-state index in [1.165, 1.54) is 7.11 Å². The van der Waals surface area contributed by atoms with Crippen molar-refractivity contribution in [3.63, 3.8) is 0 Å². The monoisotopic (exact) mass is 273 g/mol. The summed E-state index contributed by atoms with van der Waals surface area (Å²) in [4.78, 5) is 12.6. The lowest BCUT2D eigenvalue weighted by molar-refractivity contribution is 0.0597. The van der Waals surface area contributed by atoms with Crippen LogP contribution in [0.1, 0.15) is 15.9 Å². The zero-order valence-corrected chi connectivity index (χ0v) is 11.4. The molecule has 2 N–H and O–H groups in total. The van der Waals surface area contributed by atoms with Gasteiger partial charge in [0.15, 0.2) is 0 Å². The molecule has 2 aromatic carbocycles. The summed E-state index contributed by atoms with van der Waals surface area (Å²) in [6.45, 7) is 0. The molecule has 0 aliphatic carbocycles. The van der Waals surface area contributed by atoms with Gasteiger partial charge in [0.25, 0.3) is 0 Å². The van der Waals surface area contributed by atoms with Crippen LogP contribution in [0.15, 0.2) is 53.4 Å². The highest BCUT2D eigenvalue weighted by Crippen LogP contribution is 2.27. The number of carbonyl (C=O) groups excluding carboxylic acids is 1. The molecule has 0 aliphatic rings. The molecule has 19 heavy (non-hydrogen) atoms. The van der Waals surface area contributed by atoms with Crippen molar-refractivity contribution in [2.75, 3.05) is 12.8 Å². The lowest BCUT2D eigenvalue weighted by atomic mass is 10.2. The van der Waals surface area contributed by atoms with E-state index in [1.54, 1.807) is 17.8 Å². The van der Waals surface area contributed by atoms with Crippen molar-refractivity contribution in [1.29, 1.82) is 0 Å². The maximum Gasteiger partial charge on any atom is 0.338 e. The molecule has 0 saturated carbocycles. The van der Waals surface area contributed by atoms with Gasteiger partial charge in [-0.3, -0.25) is 0 Å². The first-order valence-electron chi connectivity index (χ1n) is 5.85. The minimum absolute atomic E-state index is 0.310. The highest BCUT2D eigenvalue weighted by atomic mass is 32.2. The number of thioether (sulfide) groups is 1. The number of ether oxygens (including phenoxy) is 1.